The van der Waals surface area contributed by atoms with Crippen LogP contribution in [0.25, 0.3) is 0 Å². The first kappa shape index (κ1) is 15.8. The highest BCUT2D eigenvalue weighted by atomic mass is 79.9. The van der Waals surface area contributed by atoms with Crippen molar-refractivity contribution in [3.05, 3.63) is 46.0 Å². The van der Waals surface area contributed by atoms with Crippen LogP contribution in [0.3, 0.4) is 0 Å². The van der Waals surface area contributed by atoms with Crippen molar-refractivity contribution in [3.8, 4) is 0 Å². The van der Waals surface area contributed by atoms with Crippen LogP contribution in [0.2, 0.25) is 0 Å². The van der Waals surface area contributed by atoms with Gasteiger partial charge in [-0.2, -0.15) is 0 Å². The molecule has 1 fully saturated rings. The maximum atomic E-state index is 13.0. The maximum Gasteiger partial charge on any atom is 0.230 e. The van der Waals surface area contributed by atoms with Crippen LogP contribution in [0, 0.1) is 0 Å². The van der Waals surface area contributed by atoms with Gasteiger partial charge in [0, 0.05) is 17.6 Å². The molecule has 1 aromatic rings. The Morgan fingerprint density at radius 3 is 2.82 bits per heavy atom. The van der Waals surface area contributed by atoms with Crippen molar-refractivity contribution in [2.45, 2.75) is 37.5 Å². The quantitative estimate of drug-likeness (QED) is 0.806. The monoisotopic (exact) mass is 362 g/mol. The molecule has 4 heteroatoms. The molecule has 0 spiro atoms. The number of amides is 1. The molecule has 1 heterocycles. The first-order valence-electron chi connectivity index (χ1n) is 8.14. The Balaban J connectivity index is 1.75. The van der Waals surface area contributed by atoms with Gasteiger partial charge in [0.05, 0.1) is 5.41 Å². The van der Waals surface area contributed by atoms with Crippen molar-refractivity contribution in [2.24, 2.45) is 0 Å². The zero-order valence-electron chi connectivity index (χ0n) is 12.8. The van der Waals surface area contributed by atoms with Crippen LogP contribution in [0.4, 0.5) is 0 Å². The van der Waals surface area contributed by atoms with Gasteiger partial charge in [-0.05, 0) is 43.5 Å². The smallest absolute Gasteiger partial charge is 0.230 e. The molecule has 1 amide bonds. The summed E-state index contributed by atoms with van der Waals surface area (Å²) in [4.78, 5) is 13.0. The summed E-state index contributed by atoms with van der Waals surface area (Å²) in [6.45, 7) is 2.62. The molecule has 0 aromatic heterocycles. The predicted molar refractivity (Wildman–Crippen MR) is 92.9 cm³/mol. The minimum Gasteiger partial charge on any atom is -0.352 e. The summed E-state index contributed by atoms with van der Waals surface area (Å²) in [6, 6.07) is 8.25. The van der Waals surface area contributed by atoms with Gasteiger partial charge >= 0.3 is 0 Å². The van der Waals surface area contributed by atoms with Crippen LogP contribution in [0.5, 0.6) is 0 Å². The molecule has 1 aliphatic carbocycles. The molecule has 1 saturated carbocycles. The molecular weight excluding hydrogens is 340 g/mol. The molecule has 118 valence electrons. The highest BCUT2D eigenvalue weighted by Gasteiger charge is 2.42. The molecule has 1 aromatic carbocycles. The van der Waals surface area contributed by atoms with Crippen molar-refractivity contribution in [1.29, 1.82) is 0 Å². The molecule has 22 heavy (non-hydrogen) atoms. The van der Waals surface area contributed by atoms with Crippen LogP contribution in [-0.2, 0) is 10.2 Å². The summed E-state index contributed by atoms with van der Waals surface area (Å²) >= 11 is 3.54. The Morgan fingerprint density at radius 2 is 2.14 bits per heavy atom. The van der Waals surface area contributed by atoms with Gasteiger partial charge in [-0.1, -0.05) is 52.6 Å². The van der Waals surface area contributed by atoms with E-state index in [4.69, 9.17) is 0 Å². The number of nitrogens with one attached hydrogen (secondary N) is 2. The van der Waals surface area contributed by atoms with E-state index in [1.165, 1.54) is 5.57 Å². The van der Waals surface area contributed by atoms with Gasteiger partial charge < -0.3 is 10.6 Å². The number of halogens is 1. The molecule has 1 aliphatic heterocycles. The second kappa shape index (κ2) is 6.97. The summed E-state index contributed by atoms with van der Waals surface area (Å²) in [7, 11) is 0. The fraction of sp³-hybridized carbons (Fsp3) is 0.500. The van der Waals surface area contributed by atoms with Crippen molar-refractivity contribution in [2.75, 3.05) is 19.6 Å². The number of hydrogen-bond donors (Lipinski definition) is 2. The first-order chi connectivity index (χ1) is 10.7. The van der Waals surface area contributed by atoms with E-state index < -0.39 is 0 Å². The Bertz CT molecular complexity index is 576. The largest absolute Gasteiger partial charge is 0.352 e. The van der Waals surface area contributed by atoms with E-state index in [-0.39, 0.29) is 11.3 Å². The minimum atomic E-state index is -0.336. The summed E-state index contributed by atoms with van der Waals surface area (Å²) < 4.78 is 1.05. The molecule has 0 unspecified atom stereocenters. The van der Waals surface area contributed by atoms with Crippen molar-refractivity contribution < 1.29 is 4.79 Å². The van der Waals surface area contributed by atoms with E-state index in [9.17, 15) is 4.79 Å². The van der Waals surface area contributed by atoms with E-state index in [1.54, 1.807) is 0 Å². The van der Waals surface area contributed by atoms with Crippen LogP contribution >= 0.6 is 15.9 Å². The third-order valence-electron chi connectivity index (χ3n) is 4.90. The van der Waals surface area contributed by atoms with Crippen LogP contribution in [0.15, 0.2) is 40.4 Å². The van der Waals surface area contributed by atoms with E-state index in [1.807, 2.05) is 12.1 Å². The molecular formula is C18H23BrN2O. The van der Waals surface area contributed by atoms with Crippen molar-refractivity contribution in [1.82, 2.24) is 10.6 Å². The normalized spacial score (nSPS) is 20.5. The molecule has 0 radical (unpaired) electrons. The summed E-state index contributed by atoms with van der Waals surface area (Å²) in [6.07, 6.45) is 7.40. The fourth-order valence-corrected chi connectivity index (χ4v) is 4.00. The SMILES string of the molecule is O=C(NCC1=CCNCC1)C1(c2cccc(Br)c2)CCCC1. The average Bonchev–Trinajstić information content (AvgIpc) is 3.05. The molecule has 0 atom stereocenters. The molecule has 3 rings (SSSR count). The molecule has 0 saturated heterocycles. The minimum absolute atomic E-state index is 0.197. The zero-order chi connectivity index (χ0) is 15.4. The Hall–Kier alpha value is -1.13. The molecule has 2 aliphatic rings. The van der Waals surface area contributed by atoms with Crippen LogP contribution < -0.4 is 10.6 Å². The Labute approximate surface area is 140 Å². The standard InChI is InChI=1S/C18H23BrN2O/c19-16-5-3-4-15(12-16)18(8-1-2-9-18)17(22)21-13-14-6-10-20-11-7-14/h3-6,12,20H,1-2,7-11,13H2,(H,21,22). The highest BCUT2D eigenvalue weighted by Crippen LogP contribution is 2.42. The third kappa shape index (κ3) is 3.28. The zero-order valence-corrected chi connectivity index (χ0v) is 14.4. The van der Waals surface area contributed by atoms with E-state index in [2.05, 4.69) is 44.8 Å². The highest BCUT2D eigenvalue weighted by molar-refractivity contribution is 9.10. The molecule has 0 bridgehead atoms. The Kier molecular flexibility index (Phi) is 4.99. The van der Waals surface area contributed by atoms with Gasteiger partial charge in [-0.3, -0.25) is 4.79 Å². The first-order valence-corrected chi connectivity index (χ1v) is 8.93. The fourth-order valence-electron chi connectivity index (χ4n) is 3.60. The average molecular weight is 363 g/mol. The number of hydrogen-bond acceptors (Lipinski definition) is 2. The molecule has 3 nitrogen and oxygen atoms in total. The van der Waals surface area contributed by atoms with E-state index in [0.29, 0.717) is 6.54 Å². The van der Waals surface area contributed by atoms with E-state index >= 15 is 0 Å². The number of carbonyl (C=O) groups is 1. The van der Waals surface area contributed by atoms with Gasteiger partial charge in [0.2, 0.25) is 5.91 Å². The topological polar surface area (TPSA) is 41.1 Å². The molecule has 2 N–H and O–H groups in total. The summed E-state index contributed by atoms with van der Waals surface area (Å²) in [5.41, 5.74) is 2.16. The third-order valence-corrected chi connectivity index (χ3v) is 5.40. The number of benzene rings is 1. The van der Waals surface area contributed by atoms with Gasteiger partial charge in [0.1, 0.15) is 0 Å². The lowest BCUT2D eigenvalue weighted by atomic mass is 9.78. The maximum absolute atomic E-state index is 13.0. The Morgan fingerprint density at radius 1 is 1.32 bits per heavy atom. The van der Waals surface area contributed by atoms with E-state index in [0.717, 1.165) is 55.2 Å². The second-order valence-corrected chi connectivity index (χ2v) is 7.21. The van der Waals surface area contributed by atoms with Crippen LogP contribution in [0.1, 0.15) is 37.7 Å². The van der Waals surface area contributed by atoms with Crippen molar-refractivity contribution >= 4 is 21.8 Å². The van der Waals surface area contributed by atoms with Gasteiger partial charge in [0.25, 0.3) is 0 Å². The summed E-state index contributed by atoms with van der Waals surface area (Å²) in [5, 5.41) is 6.51. The van der Waals surface area contributed by atoms with Crippen molar-refractivity contribution in [3.63, 3.8) is 0 Å². The number of rotatable bonds is 4. The lowest BCUT2D eigenvalue weighted by molar-refractivity contribution is -0.126. The predicted octanol–water partition coefficient (Wildman–Crippen LogP) is 3.30. The lowest BCUT2D eigenvalue weighted by Gasteiger charge is -2.29. The second-order valence-electron chi connectivity index (χ2n) is 6.30. The summed E-state index contributed by atoms with van der Waals surface area (Å²) in [5.74, 6) is 0.197. The van der Waals surface area contributed by atoms with Gasteiger partial charge in [0.15, 0.2) is 0 Å². The van der Waals surface area contributed by atoms with Crippen LogP contribution in [-0.4, -0.2) is 25.5 Å². The van der Waals surface area contributed by atoms with Gasteiger partial charge in [-0.15, -0.1) is 0 Å². The lowest BCUT2D eigenvalue weighted by Crippen LogP contribution is -2.43. The van der Waals surface area contributed by atoms with Gasteiger partial charge in [-0.25, -0.2) is 0 Å². The number of carbonyl (C=O) groups excluding carboxylic acids is 1.